The number of carbonyl (C=O) groups is 1. The van der Waals surface area contributed by atoms with Gasteiger partial charge in [-0.05, 0) is 36.6 Å². The molecule has 25 heavy (non-hydrogen) atoms. The van der Waals surface area contributed by atoms with Gasteiger partial charge < -0.3 is 20.5 Å². The Bertz CT molecular complexity index is 932. The smallest absolute Gasteiger partial charge is 0.341 e. The highest BCUT2D eigenvalue weighted by molar-refractivity contribution is 7.14. The number of benzene rings is 2. The summed E-state index contributed by atoms with van der Waals surface area (Å²) in [5.41, 5.74) is 1.24. The van der Waals surface area contributed by atoms with Crippen molar-refractivity contribution in [2.45, 2.75) is 6.92 Å². The highest BCUT2D eigenvalue weighted by atomic mass is 32.1. The predicted octanol–water partition coefficient (Wildman–Crippen LogP) is 3.08. The van der Waals surface area contributed by atoms with Gasteiger partial charge in [0.25, 0.3) is 0 Å². The molecule has 3 aromatic rings. The number of hydrogen-bond donors (Lipinski definition) is 2. The molecule has 0 saturated heterocycles. The van der Waals surface area contributed by atoms with Crippen molar-refractivity contribution in [3.05, 3.63) is 63.8 Å². The highest BCUT2D eigenvalue weighted by Gasteiger charge is 2.15. The number of hydrogen-bond acceptors (Lipinski definition) is 5. The molecular weight excluding hydrogens is 342 g/mol. The molecule has 0 saturated carbocycles. The average Bonchev–Trinajstić information content (AvgIpc) is 3.00. The van der Waals surface area contributed by atoms with Crippen LogP contribution in [0.4, 0.5) is 0 Å². The average molecular weight is 359 g/mol. The summed E-state index contributed by atoms with van der Waals surface area (Å²) in [6, 6.07) is 14.8. The Morgan fingerprint density at radius 3 is 2.44 bits per heavy atom. The molecule has 2 aromatic carbocycles. The Hall–Kier alpha value is -2.90. The van der Waals surface area contributed by atoms with Gasteiger partial charge in [-0.15, -0.1) is 11.3 Å². The quantitative estimate of drug-likeness (QED) is 0.414. The third-order valence-corrected chi connectivity index (χ3v) is 4.57. The highest BCUT2D eigenvalue weighted by Crippen LogP contribution is 2.31. The number of nitrogens with zero attached hydrogens (tertiary/aromatic N) is 1. The number of rotatable bonds is 5. The number of aliphatic carboxylic acids is 1. The predicted molar refractivity (Wildman–Crippen MR) is 97.2 cm³/mol. The molecule has 0 aliphatic carbocycles. The molecule has 0 aliphatic heterocycles. The third kappa shape index (κ3) is 3.78. The lowest BCUT2D eigenvalue weighted by molar-refractivity contribution is -0.139. The third-order valence-electron chi connectivity index (χ3n) is 3.56. The van der Waals surface area contributed by atoms with E-state index in [0.29, 0.717) is 11.5 Å². The van der Waals surface area contributed by atoms with E-state index >= 15 is 0 Å². The van der Waals surface area contributed by atoms with E-state index in [-0.39, 0.29) is 5.48 Å². The van der Waals surface area contributed by atoms with Crippen LogP contribution in [0.15, 0.2) is 53.7 Å². The van der Waals surface area contributed by atoms with E-state index < -0.39 is 12.6 Å². The van der Waals surface area contributed by atoms with Crippen LogP contribution in [0.3, 0.4) is 0 Å². The van der Waals surface area contributed by atoms with Crippen LogP contribution in [0.5, 0.6) is 5.75 Å². The lowest BCUT2D eigenvalue weighted by Gasteiger charge is -2.12. The Balaban J connectivity index is 0.00000225. The van der Waals surface area contributed by atoms with E-state index in [1.54, 1.807) is 23.5 Å². The van der Waals surface area contributed by atoms with Crippen molar-refractivity contribution < 1.29 is 25.3 Å². The molecule has 6 nitrogen and oxygen atoms in total. The van der Waals surface area contributed by atoms with Crippen LogP contribution in [0.2, 0.25) is 0 Å². The molecule has 0 bridgehead atoms. The number of carboxylic acids is 1. The van der Waals surface area contributed by atoms with Crippen molar-refractivity contribution in [3.63, 3.8) is 0 Å². The topological polar surface area (TPSA) is 111 Å². The second kappa shape index (κ2) is 7.78. The molecule has 1 aromatic heterocycles. The monoisotopic (exact) mass is 359 g/mol. The number of carboxylic acid groups (broad SMARTS) is 1. The van der Waals surface area contributed by atoms with Gasteiger partial charge in [0.2, 0.25) is 0 Å². The molecule has 4 N–H and O–H groups in total. The van der Waals surface area contributed by atoms with E-state index in [2.05, 4.69) is 5.16 Å². The summed E-state index contributed by atoms with van der Waals surface area (Å²) in [5.74, 6) is -0.550. The minimum Gasteiger partial charge on any atom is -0.481 e. The first-order valence-electron chi connectivity index (χ1n) is 7.25. The molecule has 0 atom stereocenters. The number of oxime groups is 1. The first-order chi connectivity index (χ1) is 11.6. The molecule has 0 fully saturated rings. The summed E-state index contributed by atoms with van der Waals surface area (Å²) in [7, 11) is 0. The summed E-state index contributed by atoms with van der Waals surface area (Å²) in [6.07, 6.45) is 0. The molecule has 3 rings (SSSR count). The Labute approximate surface area is 147 Å². The largest absolute Gasteiger partial charge is 0.481 e. The second-order valence-corrected chi connectivity index (χ2v) is 6.49. The number of ether oxygens (including phenoxy) is 1. The van der Waals surface area contributed by atoms with Crippen molar-refractivity contribution >= 4 is 33.8 Å². The minimum atomic E-state index is -1.03. The summed E-state index contributed by atoms with van der Waals surface area (Å²) in [4.78, 5) is 12.7. The molecular formula is C18H17NO5S. The van der Waals surface area contributed by atoms with Crippen molar-refractivity contribution in [1.82, 2.24) is 0 Å². The van der Waals surface area contributed by atoms with Crippen LogP contribution >= 0.6 is 11.3 Å². The van der Waals surface area contributed by atoms with Crippen LogP contribution in [0.1, 0.15) is 15.3 Å². The normalized spacial score (nSPS) is 11.2. The molecule has 7 heteroatoms. The number of fused-ring (bicyclic) bond motifs is 1. The fraction of sp³-hybridized carbons (Fsp3) is 0.111. The van der Waals surface area contributed by atoms with E-state index in [0.717, 1.165) is 26.1 Å². The van der Waals surface area contributed by atoms with Gasteiger partial charge >= 0.3 is 5.97 Å². The summed E-state index contributed by atoms with van der Waals surface area (Å²) < 4.78 is 5.36. The lowest BCUT2D eigenvalue weighted by Crippen LogP contribution is -2.10. The standard InChI is InChI=1S/C18H15NO4S.H2O/c1-11-6-9-16(24-11)18(19-22)14-7-8-15(23-10-17(20)21)13-5-3-2-4-12(13)14;/h2-9,22H,10H2,1H3,(H,20,21);1H2/b19-18-;. The second-order valence-electron chi connectivity index (χ2n) is 5.20. The van der Waals surface area contributed by atoms with Crippen LogP contribution < -0.4 is 4.74 Å². The summed E-state index contributed by atoms with van der Waals surface area (Å²) in [5, 5.41) is 23.4. The van der Waals surface area contributed by atoms with Gasteiger partial charge in [0.1, 0.15) is 11.5 Å². The van der Waals surface area contributed by atoms with Gasteiger partial charge in [0.05, 0.1) is 4.88 Å². The molecule has 0 spiro atoms. The fourth-order valence-corrected chi connectivity index (χ4v) is 3.41. The van der Waals surface area contributed by atoms with E-state index in [1.165, 1.54) is 0 Å². The van der Waals surface area contributed by atoms with E-state index in [9.17, 15) is 10.0 Å². The van der Waals surface area contributed by atoms with Crippen molar-refractivity contribution in [1.29, 1.82) is 0 Å². The van der Waals surface area contributed by atoms with Crippen molar-refractivity contribution in [3.8, 4) is 5.75 Å². The molecule has 1 heterocycles. The van der Waals surface area contributed by atoms with Crippen molar-refractivity contribution in [2.75, 3.05) is 6.61 Å². The van der Waals surface area contributed by atoms with E-state index in [4.69, 9.17) is 9.84 Å². The molecule has 0 unspecified atom stereocenters. The van der Waals surface area contributed by atoms with Gasteiger partial charge in [-0.2, -0.15) is 0 Å². The van der Waals surface area contributed by atoms with Gasteiger partial charge in [-0.25, -0.2) is 4.79 Å². The van der Waals surface area contributed by atoms with E-state index in [1.807, 2.05) is 43.3 Å². The molecule has 0 radical (unpaired) electrons. The van der Waals surface area contributed by atoms with Crippen LogP contribution in [0, 0.1) is 6.92 Å². The molecule has 0 amide bonds. The SMILES string of the molecule is Cc1ccc(/C(=N\O)c2ccc(OCC(=O)O)c3ccccc23)s1.O. The Morgan fingerprint density at radius 1 is 1.12 bits per heavy atom. The first kappa shape index (κ1) is 18.4. The van der Waals surface area contributed by atoms with Gasteiger partial charge in [0, 0.05) is 15.8 Å². The summed E-state index contributed by atoms with van der Waals surface area (Å²) >= 11 is 1.54. The van der Waals surface area contributed by atoms with Crippen LogP contribution in [-0.4, -0.2) is 34.1 Å². The maximum Gasteiger partial charge on any atom is 0.341 e. The minimum absolute atomic E-state index is 0. The molecule has 0 aliphatic rings. The summed E-state index contributed by atoms with van der Waals surface area (Å²) in [6.45, 7) is 1.58. The maximum absolute atomic E-state index is 10.7. The van der Waals surface area contributed by atoms with Gasteiger partial charge in [-0.3, -0.25) is 0 Å². The first-order valence-corrected chi connectivity index (χ1v) is 8.07. The molecule has 130 valence electrons. The van der Waals surface area contributed by atoms with Gasteiger partial charge in [-0.1, -0.05) is 29.4 Å². The van der Waals surface area contributed by atoms with Crippen LogP contribution in [-0.2, 0) is 4.79 Å². The fourth-order valence-electron chi connectivity index (χ4n) is 2.54. The zero-order chi connectivity index (χ0) is 17.1. The van der Waals surface area contributed by atoms with Crippen LogP contribution in [0.25, 0.3) is 10.8 Å². The zero-order valence-corrected chi connectivity index (χ0v) is 14.2. The zero-order valence-electron chi connectivity index (χ0n) is 13.4. The Kier molecular flexibility index (Phi) is 5.74. The maximum atomic E-state index is 10.7. The Morgan fingerprint density at radius 2 is 1.84 bits per heavy atom. The lowest BCUT2D eigenvalue weighted by atomic mass is 9.99. The number of thiophene rings is 1. The number of aryl methyl sites for hydroxylation is 1. The van der Waals surface area contributed by atoms with Crippen molar-refractivity contribution in [2.24, 2.45) is 5.16 Å². The van der Waals surface area contributed by atoms with Gasteiger partial charge in [0.15, 0.2) is 6.61 Å².